The van der Waals surface area contributed by atoms with Gasteiger partial charge in [0.25, 0.3) is 5.91 Å². The number of carbonyl (C=O) groups is 1. The number of nitrogens with zero attached hydrogens (tertiary/aromatic N) is 1. The van der Waals surface area contributed by atoms with E-state index >= 15 is 0 Å². The summed E-state index contributed by atoms with van der Waals surface area (Å²) >= 11 is 0. The molecular formula is C18H24N4O2. The highest BCUT2D eigenvalue weighted by Gasteiger charge is 2.09. The molecule has 2 rings (SSSR count). The zero-order valence-electron chi connectivity index (χ0n) is 14.3. The van der Waals surface area contributed by atoms with Crippen LogP contribution in [0.2, 0.25) is 0 Å². The highest BCUT2D eigenvalue weighted by molar-refractivity contribution is 5.89. The van der Waals surface area contributed by atoms with Gasteiger partial charge in [0, 0.05) is 13.6 Å². The van der Waals surface area contributed by atoms with Gasteiger partial charge in [-0.15, -0.1) is 0 Å². The van der Waals surface area contributed by atoms with Crippen LogP contribution in [0.25, 0.3) is 0 Å². The molecule has 1 aromatic heterocycles. The number of hydrogen-bond donors (Lipinski definition) is 3. The summed E-state index contributed by atoms with van der Waals surface area (Å²) in [6.45, 7) is 5.42. The largest absolute Gasteiger partial charge is 0.454 e. The van der Waals surface area contributed by atoms with Crippen molar-refractivity contribution in [2.75, 3.05) is 13.6 Å². The van der Waals surface area contributed by atoms with E-state index in [9.17, 15) is 4.79 Å². The summed E-state index contributed by atoms with van der Waals surface area (Å²) in [5.74, 6) is 1.23. The molecule has 0 radical (unpaired) electrons. The third-order valence-corrected chi connectivity index (χ3v) is 3.78. The Kier molecular flexibility index (Phi) is 6.01. The van der Waals surface area contributed by atoms with Gasteiger partial charge < -0.3 is 20.8 Å². The predicted molar refractivity (Wildman–Crippen MR) is 95.0 cm³/mol. The molecule has 0 aliphatic rings. The second-order valence-corrected chi connectivity index (χ2v) is 5.75. The smallest absolute Gasteiger partial charge is 0.284 e. The highest BCUT2D eigenvalue weighted by atomic mass is 16.3. The number of aryl methyl sites for hydroxylation is 1. The lowest BCUT2D eigenvalue weighted by molar-refractivity contribution is 0.0972. The Morgan fingerprint density at radius 1 is 1.21 bits per heavy atom. The van der Waals surface area contributed by atoms with Gasteiger partial charge in [0.1, 0.15) is 5.76 Å². The normalized spacial score (nSPS) is 12.7. The van der Waals surface area contributed by atoms with E-state index in [1.807, 2.05) is 0 Å². The molecule has 1 unspecified atom stereocenters. The zero-order valence-corrected chi connectivity index (χ0v) is 14.3. The van der Waals surface area contributed by atoms with E-state index in [1.165, 1.54) is 11.1 Å². The van der Waals surface area contributed by atoms with E-state index in [4.69, 9.17) is 10.2 Å². The van der Waals surface area contributed by atoms with Gasteiger partial charge in [-0.05, 0) is 30.5 Å². The molecule has 4 N–H and O–H groups in total. The SMILES string of the molecule is CN=C(NCc1ccc(C(N)=O)o1)NCC(C)c1ccc(C)cc1. The van der Waals surface area contributed by atoms with Crippen molar-refractivity contribution < 1.29 is 9.21 Å². The first-order valence-corrected chi connectivity index (χ1v) is 7.89. The summed E-state index contributed by atoms with van der Waals surface area (Å²) in [7, 11) is 1.71. The summed E-state index contributed by atoms with van der Waals surface area (Å²) < 4.78 is 5.33. The number of carbonyl (C=O) groups excluding carboxylic acids is 1. The molecule has 1 amide bonds. The quantitative estimate of drug-likeness (QED) is 0.559. The molecule has 1 atom stereocenters. The minimum Gasteiger partial charge on any atom is -0.454 e. The van der Waals surface area contributed by atoms with Crippen molar-refractivity contribution in [1.29, 1.82) is 0 Å². The van der Waals surface area contributed by atoms with Crippen LogP contribution in [0.5, 0.6) is 0 Å². The maximum absolute atomic E-state index is 11.0. The molecule has 0 aliphatic carbocycles. The Morgan fingerprint density at radius 2 is 1.92 bits per heavy atom. The van der Waals surface area contributed by atoms with E-state index in [2.05, 4.69) is 53.7 Å². The Labute approximate surface area is 142 Å². The summed E-state index contributed by atoms with van der Waals surface area (Å²) in [4.78, 5) is 15.2. The van der Waals surface area contributed by atoms with Crippen LogP contribution in [0.4, 0.5) is 0 Å². The number of guanidine groups is 1. The monoisotopic (exact) mass is 328 g/mol. The van der Waals surface area contributed by atoms with E-state index in [1.54, 1.807) is 19.2 Å². The first kappa shape index (κ1) is 17.6. The molecule has 0 saturated carbocycles. The Morgan fingerprint density at radius 3 is 2.50 bits per heavy atom. The zero-order chi connectivity index (χ0) is 17.5. The van der Waals surface area contributed by atoms with Crippen LogP contribution in [0.15, 0.2) is 45.8 Å². The van der Waals surface area contributed by atoms with E-state index in [-0.39, 0.29) is 5.76 Å². The van der Waals surface area contributed by atoms with Crippen LogP contribution in [0.3, 0.4) is 0 Å². The van der Waals surface area contributed by atoms with Crippen molar-refractivity contribution in [2.24, 2.45) is 10.7 Å². The van der Waals surface area contributed by atoms with Crippen LogP contribution in [0, 0.1) is 6.92 Å². The number of amides is 1. The minimum absolute atomic E-state index is 0.155. The van der Waals surface area contributed by atoms with Crippen LogP contribution >= 0.6 is 0 Å². The molecule has 6 heteroatoms. The van der Waals surface area contributed by atoms with Crippen LogP contribution < -0.4 is 16.4 Å². The number of primary amides is 1. The van der Waals surface area contributed by atoms with Crippen LogP contribution in [-0.2, 0) is 6.54 Å². The number of benzene rings is 1. The van der Waals surface area contributed by atoms with Crippen LogP contribution in [0.1, 0.15) is 40.3 Å². The fourth-order valence-corrected chi connectivity index (χ4v) is 2.26. The number of nitrogens with two attached hydrogens (primary N) is 1. The number of furan rings is 1. The molecule has 1 heterocycles. The Bertz CT molecular complexity index is 704. The maximum atomic E-state index is 11.0. The molecule has 2 aromatic rings. The van der Waals surface area contributed by atoms with Gasteiger partial charge >= 0.3 is 0 Å². The molecule has 0 spiro atoms. The molecule has 128 valence electrons. The average molecular weight is 328 g/mol. The van der Waals surface area contributed by atoms with Crippen molar-refractivity contribution in [3.8, 4) is 0 Å². The molecule has 1 aromatic carbocycles. The molecule has 6 nitrogen and oxygen atoms in total. The lowest BCUT2D eigenvalue weighted by atomic mass is 10.0. The summed E-state index contributed by atoms with van der Waals surface area (Å²) in [5.41, 5.74) is 7.70. The lowest BCUT2D eigenvalue weighted by Gasteiger charge is -2.16. The van der Waals surface area contributed by atoms with Gasteiger partial charge in [-0.1, -0.05) is 36.8 Å². The molecule has 0 aliphatic heterocycles. The van der Waals surface area contributed by atoms with E-state index in [0.717, 1.165) is 6.54 Å². The Hall–Kier alpha value is -2.76. The van der Waals surface area contributed by atoms with Crippen molar-refractivity contribution in [3.05, 3.63) is 59.0 Å². The third kappa shape index (κ3) is 4.87. The van der Waals surface area contributed by atoms with Gasteiger partial charge in [0.15, 0.2) is 11.7 Å². The molecule has 0 saturated heterocycles. The summed E-state index contributed by atoms with van der Waals surface area (Å²) in [5, 5.41) is 6.43. The third-order valence-electron chi connectivity index (χ3n) is 3.78. The highest BCUT2D eigenvalue weighted by Crippen LogP contribution is 2.14. The minimum atomic E-state index is -0.573. The average Bonchev–Trinajstić information content (AvgIpc) is 3.04. The molecule has 24 heavy (non-hydrogen) atoms. The second kappa shape index (κ2) is 8.19. The summed E-state index contributed by atoms with van der Waals surface area (Å²) in [6, 6.07) is 11.8. The van der Waals surface area contributed by atoms with Gasteiger partial charge in [0.2, 0.25) is 0 Å². The second-order valence-electron chi connectivity index (χ2n) is 5.75. The molecule has 0 bridgehead atoms. The first-order chi connectivity index (χ1) is 11.5. The van der Waals surface area contributed by atoms with Crippen molar-refractivity contribution in [1.82, 2.24) is 10.6 Å². The maximum Gasteiger partial charge on any atom is 0.284 e. The van der Waals surface area contributed by atoms with Crippen molar-refractivity contribution in [3.63, 3.8) is 0 Å². The topological polar surface area (TPSA) is 92.6 Å². The van der Waals surface area contributed by atoms with Crippen LogP contribution in [-0.4, -0.2) is 25.5 Å². The van der Waals surface area contributed by atoms with Crippen molar-refractivity contribution >= 4 is 11.9 Å². The lowest BCUT2D eigenvalue weighted by Crippen LogP contribution is -2.38. The predicted octanol–water partition coefficient (Wildman–Crippen LogP) is 2.16. The van der Waals surface area contributed by atoms with E-state index < -0.39 is 5.91 Å². The number of nitrogens with one attached hydrogen (secondary N) is 2. The van der Waals surface area contributed by atoms with Crippen molar-refractivity contribution in [2.45, 2.75) is 26.3 Å². The fraction of sp³-hybridized carbons (Fsp3) is 0.333. The van der Waals surface area contributed by atoms with Gasteiger partial charge in [-0.2, -0.15) is 0 Å². The van der Waals surface area contributed by atoms with Gasteiger partial charge in [0.05, 0.1) is 6.54 Å². The van der Waals surface area contributed by atoms with E-state index in [0.29, 0.717) is 24.2 Å². The first-order valence-electron chi connectivity index (χ1n) is 7.89. The van der Waals surface area contributed by atoms with Gasteiger partial charge in [-0.3, -0.25) is 9.79 Å². The number of hydrogen-bond acceptors (Lipinski definition) is 3. The summed E-state index contributed by atoms with van der Waals surface area (Å²) in [6.07, 6.45) is 0. The standard InChI is InChI=1S/C18H24N4O2/c1-12-4-6-14(7-5-12)13(2)10-21-18(20-3)22-11-15-8-9-16(24-15)17(19)23/h4-9,13H,10-11H2,1-3H3,(H2,19,23)(H2,20,21,22). The van der Waals surface area contributed by atoms with Gasteiger partial charge in [-0.25, -0.2) is 0 Å². The Balaban J connectivity index is 1.83. The number of aliphatic imine (C=N–C) groups is 1. The fourth-order valence-electron chi connectivity index (χ4n) is 2.26. The molecular weight excluding hydrogens is 304 g/mol. The molecule has 0 fully saturated rings. The number of rotatable bonds is 6.